The van der Waals surface area contributed by atoms with Gasteiger partial charge in [-0.1, -0.05) is 43.7 Å². The Morgan fingerprint density at radius 1 is 1.18 bits per heavy atom. The van der Waals surface area contributed by atoms with Crippen LogP contribution in [0, 0.1) is 10.1 Å². The van der Waals surface area contributed by atoms with Crippen LogP contribution in [0.4, 0.5) is 11.6 Å². The first-order valence-electron chi connectivity index (χ1n) is 10.8. The van der Waals surface area contributed by atoms with E-state index in [1.165, 1.54) is 35.5 Å². The summed E-state index contributed by atoms with van der Waals surface area (Å²) < 4.78 is 27.4. The van der Waals surface area contributed by atoms with Crippen LogP contribution in [0.3, 0.4) is 0 Å². The molecule has 0 unspecified atom stereocenters. The summed E-state index contributed by atoms with van der Waals surface area (Å²) in [4.78, 5) is 33.7. The number of nitro benzene ring substituents is 1. The van der Waals surface area contributed by atoms with Gasteiger partial charge in [-0.25, -0.2) is 23.1 Å². The first-order chi connectivity index (χ1) is 16.3. The Hall–Kier alpha value is -3.86. The van der Waals surface area contributed by atoms with Gasteiger partial charge in [0, 0.05) is 31.4 Å². The quantitative estimate of drug-likeness (QED) is 0.402. The van der Waals surface area contributed by atoms with Crippen LogP contribution in [0.1, 0.15) is 40.5 Å². The smallest absolute Gasteiger partial charge is 0.270 e. The van der Waals surface area contributed by atoms with Gasteiger partial charge in [0.05, 0.1) is 21.1 Å². The normalized spacial score (nSPS) is 13.3. The molecule has 0 radical (unpaired) electrons. The fourth-order valence-corrected chi connectivity index (χ4v) is 4.85. The Morgan fingerprint density at radius 3 is 2.68 bits per heavy atom. The van der Waals surface area contributed by atoms with Crippen LogP contribution in [0.5, 0.6) is 0 Å². The molecular weight excluding hydrogens is 458 g/mol. The number of sulfonamides is 1. The molecule has 1 amide bonds. The summed E-state index contributed by atoms with van der Waals surface area (Å²) in [6, 6.07) is 12.7. The number of hydrogen-bond acceptors (Lipinski definition) is 8. The number of carbonyl (C=O) groups is 1. The molecule has 1 aliphatic rings. The van der Waals surface area contributed by atoms with Crippen LogP contribution < -0.4 is 9.62 Å². The van der Waals surface area contributed by atoms with Crippen molar-refractivity contribution in [2.45, 2.75) is 37.6 Å². The lowest BCUT2D eigenvalue weighted by atomic mass is 10.0. The number of non-ortho nitro benzene ring substituents is 1. The summed E-state index contributed by atoms with van der Waals surface area (Å²) in [7, 11) is -4.33. The molecule has 0 atom stereocenters. The summed E-state index contributed by atoms with van der Waals surface area (Å²) >= 11 is 0. The van der Waals surface area contributed by atoms with Crippen molar-refractivity contribution in [3.63, 3.8) is 0 Å². The Bertz CT molecular complexity index is 1360. The molecule has 11 heteroatoms. The highest BCUT2D eigenvalue weighted by Gasteiger charge is 2.25. The van der Waals surface area contributed by atoms with E-state index in [0.717, 1.165) is 19.0 Å². The van der Waals surface area contributed by atoms with E-state index in [-0.39, 0.29) is 10.5 Å². The van der Waals surface area contributed by atoms with Gasteiger partial charge in [0.25, 0.3) is 21.6 Å². The molecule has 0 bridgehead atoms. The van der Waals surface area contributed by atoms with E-state index < -0.39 is 26.5 Å². The minimum absolute atomic E-state index is 0.0528. The molecule has 176 valence electrons. The molecule has 3 aromatic rings. The summed E-state index contributed by atoms with van der Waals surface area (Å²) in [5, 5.41) is 11.0. The number of aryl methyl sites for hydroxylation is 1. The van der Waals surface area contributed by atoms with Gasteiger partial charge >= 0.3 is 0 Å². The van der Waals surface area contributed by atoms with E-state index in [4.69, 9.17) is 0 Å². The zero-order valence-electron chi connectivity index (χ0n) is 18.5. The minimum Gasteiger partial charge on any atom is -0.336 e. The van der Waals surface area contributed by atoms with E-state index in [1.54, 1.807) is 0 Å². The van der Waals surface area contributed by atoms with Crippen molar-refractivity contribution in [2.24, 2.45) is 0 Å². The molecule has 10 nitrogen and oxygen atoms in total. The maximum atomic E-state index is 12.9. The molecule has 0 aliphatic carbocycles. The van der Waals surface area contributed by atoms with Crippen molar-refractivity contribution in [3.8, 4) is 0 Å². The third-order valence-electron chi connectivity index (χ3n) is 5.57. The lowest BCUT2D eigenvalue weighted by Gasteiger charge is -2.29. The molecule has 2 aromatic carbocycles. The zero-order valence-corrected chi connectivity index (χ0v) is 19.3. The first-order valence-corrected chi connectivity index (χ1v) is 12.3. The van der Waals surface area contributed by atoms with Gasteiger partial charge in [0.2, 0.25) is 5.95 Å². The Morgan fingerprint density at radius 2 is 1.94 bits per heavy atom. The molecule has 0 fully saturated rings. The van der Waals surface area contributed by atoms with Crippen molar-refractivity contribution in [2.75, 3.05) is 11.4 Å². The van der Waals surface area contributed by atoms with Gasteiger partial charge in [-0.05, 0) is 30.0 Å². The van der Waals surface area contributed by atoms with Gasteiger partial charge in [0.1, 0.15) is 0 Å². The highest BCUT2D eigenvalue weighted by atomic mass is 32.2. The van der Waals surface area contributed by atoms with Gasteiger partial charge < -0.3 is 4.90 Å². The molecule has 1 N–H and O–H groups in total. The number of benzene rings is 2. The van der Waals surface area contributed by atoms with Crippen LogP contribution in [-0.2, 0) is 29.4 Å². The van der Waals surface area contributed by atoms with Gasteiger partial charge in [-0.3, -0.25) is 14.9 Å². The molecule has 0 saturated carbocycles. The average molecular weight is 482 g/mol. The van der Waals surface area contributed by atoms with Crippen molar-refractivity contribution >= 4 is 27.6 Å². The summed E-state index contributed by atoms with van der Waals surface area (Å²) in [6.07, 6.45) is 3.34. The number of nitrogens with zero attached hydrogens (tertiary/aromatic N) is 4. The largest absolute Gasteiger partial charge is 0.336 e. The fraction of sp³-hybridized carbons (Fsp3) is 0.261. The maximum Gasteiger partial charge on any atom is 0.270 e. The van der Waals surface area contributed by atoms with Crippen molar-refractivity contribution < 1.29 is 18.1 Å². The minimum atomic E-state index is -4.33. The molecule has 4 rings (SSSR count). The molecule has 0 saturated heterocycles. The number of fused-ring (bicyclic) bond motifs is 1. The van der Waals surface area contributed by atoms with E-state index in [1.807, 2.05) is 28.7 Å². The molecular formula is C23H23N5O5S. The zero-order chi connectivity index (χ0) is 24.3. The Balaban J connectivity index is 1.58. The van der Waals surface area contributed by atoms with Crippen LogP contribution in [-0.4, -0.2) is 35.8 Å². The summed E-state index contributed by atoms with van der Waals surface area (Å²) in [5.74, 6) is -0.401. The van der Waals surface area contributed by atoms with E-state index in [2.05, 4.69) is 22.1 Å². The second-order valence-corrected chi connectivity index (χ2v) is 9.59. The number of amides is 1. The van der Waals surface area contributed by atoms with Crippen LogP contribution in [0.15, 0.2) is 59.6 Å². The predicted molar refractivity (Wildman–Crippen MR) is 125 cm³/mol. The number of nitrogens with one attached hydrogen (secondary N) is 1. The lowest BCUT2D eigenvalue weighted by Crippen LogP contribution is -2.34. The topological polar surface area (TPSA) is 135 Å². The molecule has 34 heavy (non-hydrogen) atoms. The van der Waals surface area contributed by atoms with Crippen molar-refractivity contribution in [1.29, 1.82) is 0 Å². The second kappa shape index (κ2) is 9.56. The monoisotopic (exact) mass is 481 g/mol. The highest BCUT2D eigenvalue weighted by molar-refractivity contribution is 7.90. The highest BCUT2D eigenvalue weighted by Crippen LogP contribution is 2.23. The number of rotatable bonds is 7. The number of aromatic nitrogens is 2. The SMILES string of the molecule is CCCc1nc(N2CCc3ccccc3C2)ncc1C(=O)NS(=O)(=O)c1cccc([N+](=O)[O-])c1. The van der Waals surface area contributed by atoms with E-state index >= 15 is 0 Å². The predicted octanol–water partition coefficient (Wildman–Crippen LogP) is 3.02. The third kappa shape index (κ3) is 4.88. The Kier molecular flexibility index (Phi) is 6.55. The maximum absolute atomic E-state index is 12.9. The van der Waals surface area contributed by atoms with Crippen LogP contribution in [0.25, 0.3) is 0 Å². The van der Waals surface area contributed by atoms with Crippen molar-refractivity contribution in [1.82, 2.24) is 14.7 Å². The molecule has 0 spiro atoms. The lowest BCUT2D eigenvalue weighted by molar-refractivity contribution is -0.385. The standard InChI is InChI=1S/C23H23N5O5S/c1-2-6-21-20(22(29)26-34(32,33)19-10-5-9-18(13-19)28(30)31)14-24-23(25-21)27-12-11-16-7-3-4-8-17(16)15-27/h3-5,7-10,13-14H,2,6,11-12,15H2,1H3,(H,26,29). The van der Waals surface area contributed by atoms with Crippen LogP contribution in [0.2, 0.25) is 0 Å². The van der Waals surface area contributed by atoms with E-state index in [0.29, 0.717) is 31.0 Å². The van der Waals surface area contributed by atoms with Gasteiger partial charge in [0.15, 0.2) is 0 Å². The van der Waals surface area contributed by atoms with E-state index in [9.17, 15) is 23.3 Å². The number of anilines is 1. The number of nitro groups is 1. The van der Waals surface area contributed by atoms with Crippen molar-refractivity contribution in [3.05, 3.63) is 87.2 Å². The van der Waals surface area contributed by atoms with Crippen LogP contribution >= 0.6 is 0 Å². The molecule has 1 aliphatic heterocycles. The fourth-order valence-electron chi connectivity index (χ4n) is 3.84. The number of carbonyl (C=O) groups excluding carboxylic acids is 1. The van der Waals surface area contributed by atoms with Gasteiger partial charge in [-0.2, -0.15) is 0 Å². The average Bonchev–Trinajstić information content (AvgIpc) is 2.83. The Labute approximate surface area is 196 Å². The molecule has 1 aromatic heterocycles. The first kappa shape index (κ1) is 23.3. The summed E-state index contributed by atoms with van der Waals surface area (Å²) in [6.45, 7) is 3.31. The third-order valence-corrected chi connectivity index (χ3v) is 6.89. The van der Waals surface area contributed by atoms with Gasteiger partial charge in [-0.15, -0.1) is 0 Å². The second-order valence-electron chi connectivity index (χ2n) is 7.91. The number of hydrogen-bond donors (Lipinski definition) is 1. The molecule has 2 heterocycles. The summed E-state index contributed by atoms with van der Waals surface area (Å²) in [5.41, 5.74) is 2.59.